The van der Waals surface area contributed by atoms with E-state index in [1.165, 1.54) is 19.1 Å². The Labute approximate surface area is 206 Å². The van der Waals surface area contributed by atoms with Crippen molar-refractivity contribution in [1.29, 1.82) is 0 Å². The van der Waals surface area contributed by atoms with E-state index in [9.17, 15) is 32.3 Å². The van der Waals surface area contributed by atoms with Crippen molar-refractivity contribution in [2.24, 2.45) is 0 Å². The molecule has 2 aliphatic rings. The van der Waals surface area contributed by atoms with Crippen molar-refractivity contribution in [3.05, 3.63) is 47.5 Å². The average Bonchev–Trinajstić information content (AvgIpc) is 3.31. The lowest BCUT2D eigenvalue weighted by atomic mass is 10.1. The summed E-state index contributed by atoms with van der Waals surface area (Å²) in [7, 11) is 0. The molecule has 0 saturated carbocycles. The van der Waals surface area contributed by atoms with E-state index in [-0.39, 0.29) is 24.3 Å². The highest BCUT2D eigenvalue weighted by atomic mass is 19.4. The number of carboxylic acid groups (broad SMARTS) is 2. The smallest absolute Gasteiger partial charge is 0.416 e. The fraction of sp³-hybridized carbons (Fsp3) is 0.500. The second-order valence-electron chi connectivity index (χ2n) is 8.59. The molecule has 0 aliphatic carbocycles. The van der Waals surface area contributed by atoms with E-state index in [2.05, 4.69) is 4.90 Å². The number of carbonyl (C=O) groups excluding carboxylic acids is 2. The summed E-state index contributed by atoms with van der Waals surface area (Å²) in [5.74, 6) is -2.62. The third kappa shape index (κ3) is 9.33. The molecule has 9 nitrogen and oxygen atoms in total. The van der Waals surface area contributed by atoms with E-state index in [0.717, 1.165) is 44.6 Å². The lowest BCUT2D eigenvalue weighted by Gasteiger charge is -2.42. The summed E-state index contributed by atoms with van der Waals surface area (Å²) in [6.45, 7) is 5.71. The van der Waals surface area contributed by atoms with Gasteiger partial charge in [-0.1, -0.05) is 12.1 Å². The molecular weight excluding hydrogens is 483 g/mol. The Bertz CT molecular complexity index is 943. The van der Waals surface area contributed by atoms with Crippen LogP contribution in [0.5, 0.6) is 0 Å². The van der Waals surface area contributed by atoms with Crippen LogP contribution in [0.1, 0.15) is 30.9 Å². The number of likely N-dealkylation sites (tertiary alicyclic amines) is 1. The van der Waals surface area contributed by atoms with Crippen LogP contribution >= 0.6 is 0 Å². The standard InChI is InChI=1S/C20H26F3N3O2.C4H4O4/c1-15(27)25-10-11-26(18(14-25)13-24-8-2-3-9-24)19(28)12-16-4-6-17(7-5-16)20(21,22)23;5-3(6)1-2-4(7)8/h4-7,18H,2-3,8-14H2,1H3;1-2H,(H,5,6)(H,7,8). The van der Waals surface area contributed by atoms with Crippen LogP contribution in [-0.2, 0) is 31.8 Å². The molecule has 2 N–H and O–H groups in total. The fourth-order valence-corrected chi connectivity index (χ4v) is 4.12. The van der Waals surface area contributed by atoms with E-state index >= 15 is 0 Å². The highest BCUT2D eigenvalue weighted by molar-refractivity contribution is 5.89. The molecular formula is C24H30F3N3O6. The van der Waals surface area contributed by atoms with E-state index in [4.69, 9.17) is 10.2 Å². The molecule has 2 fully saturated rings. The molecule has 1 aromatic rings. The van der Waals surface area contributed by atoms with Crippen molar-refractivity contribution in [2.45, 2.75) is 38.4 Å². The Kier molecular flexibility index (Phi) is 10.5. The van der Waals surface area contributed by atoms with Crippen LogP contribution in [-0.4, -0.2) is 94.0 Å². The zero-order valence-electron chi connectivity index (χ0n) is 19.9. The molecule has 36 heavy (non-hydrogen) atoms. The number of benzene rings is 1. The number of halogens is 3. The Hall–Kier alpha value is -3.41. The van der Waals surface area contributed by atoms with Crippen molar-refractivity contribution in [1.82, 2.24) is 14.7 Å². The first kappa shape index (κ1) is 28.8. The minimum Gasteiger partial charge on any atom is -0.478 e. The maximum Gasteiger partial charge on any atom is 0.416 e. The van der Waals surface area contributed by atoms with Gasteiger partial charge in [0, 0.05) is 45.3 Å². The van der Waals surface area contributed by atoms with Gasteiger partial charge in [0.15, 0.2) is 0 Å². The Balaban J connectivity index is 0.000000493. The summed E-state index contributed by atoms with van der Waals surface area (Å²) in [6.07, 6.45) is -0.920. The monoisotopic (exact) mass is 513 g/mol. The Morgan fingerprint density at radius 2 is 1.50 bits per heavy atom. The van der Waals surface area contributed by atoms with Gasteiger partial charge in [-0.05, 0) is 43.6 Å². The maximum atomic E-state index is 12.9. The quantitative estimate of drug-likeness (QED) is 0.560. The molecule has 2 saturated heterocycles. The van der Waals surface area contributed by atoms with Crippen molar-refractivity contribution >= 4 is 23.8 Å². The third-order valence-electron chi connectivity index (χ3n) is 5.92. The zero-order chi connectivity index (χ0) is 26.9. The van der Waals surface area contributed by atoms with Crippen LogP contribution in [0.4, 0.5) is 13.2 Å². The molecule has 2 amide bonds. The summed E-state index contributed by atoms with van der Waals surface area (Å²) >= 11 is 0. The Morgan fingerprint density at radius 1 is 0.944 bits per heavy atom. The van der Waals surface area contributed by atoms with Gasteiger partial charge in [-0.3, -0.25) is 9.59 Å². The van der Waals surface area contributed by atoms with Gasteiger partial charge in [-0.15, -0.1) is 0 Å². The van der Waals surface area contributed by atoms with E-state index in [1.54, 1.807) is 9.80 Å². The number of alkyl halides is 3. The van der Waals surface area contributed by atoms with Crippen molar-refractivity contribution < 1.29 is 42.6 Å². The van der Waals surface area contributed by atoms with Gasteiger partial charge in [0.1, 0.15) is 0 Å². The first-order chi connectivity index (χ1) is 16.9. The number of carboxylic acids is 2. The van der Waals surface area contributed by atoms with Crippen molar-refractivity contribution in [2.75, 3.05) is 39.3 Å². The molecule has 0 bridgehead atoms. The number of hydrogen-bond acceptors (Lipinski definition) is 5. The predicted molar refractivity (Wildman–Crippen MR) is 123 cm³/mol. The van der Waals surface area contributed by atoms with Gasteiger partial charge in [-0.2, -0.15) is 13.2 Å². The first-order valence-corrected chi connectivity index (χ1v) is 11.4. The van der Waals surface area contributed by atoms with Crippen LogP contribution in [0.15, 0.2) is 36.4 Å². The average molecular weight is 514 g/mol. The molecule has 0 radical (unpaired) electrons. The molecule has 12 heteroatoms. The maximum absolute atomic E-state index is 12.9. The zero-order valence-corrected chi connectivity index (χ0v) is 19.9. The highest BCUT2D eigenvalue weighted by Crippen LogP contribution is 2.29. The normalized spacial score (nSPS) is 18.6. The molecule has 2 heterocycles. The van der Waals surface area contributed by atoms with Crippen LogP contribution < -0.4 is 0 Å². The van der Waals surface area contributed by atoms with E-state index in [0.29, 0.717) is 37.3 Å². The number of nitrogens with zero attached hydrogens (tertiary/aromatic N) is 3. The van der Waals surface area contributed by atoms with Crippen LogP contribution in [0.2, 0.25) is 0 Å². The van der Waals surface area contributed by atoms with Gasteiger partial charge in [-0.25, -0.2) is 9.59 Å². The van der Waals surface area contributed by atoms with Crippen LogP contribution in [0.25, 0.3) is 0 Å². The van der Waals surface area contributed by atoms with E-state index in [1.807, 2.05) is 0 Å². The largest absolute Gasteiger partial charge is 0.478 e. The van der Waals surface area contributed by atoms with Gasteiger partial charge in [0.25, 0.3) is 0 Å². The number of carbonyl (C=O) groups is 4. The van der Waals surface area contributed by atoms with E-state index < -0.39 is 23.7 Å². The minimum atomic E-state index is -4.38. The third-order valence-corrected chi connectivity index (χ3v) is 5.92. The number of aliphatic carboxylic acids is 2. The van der Waals surface area contributed by atoms with Gasteiger partial charge in [0.05, 0.1) is 18.0 Å². The summed E-state index contributed by atoms with van der Waals surface area (Å²) in [5.41, 5.74) is -0.155. The van der Waals surface area contributed by atoms with Gasteiger partial charge >= 0.3 is 18.1 Å². The van der Waals surface area contributed by atoms with Crippen LogP contribution in [0.3, 0.4) is 0 Å². The number of hydrogen-bond donors (Lipinski definition) is 2. The van der Waals surface area contributed by atoms with Crippen molar-refractivity contribution in [3.63, 3.8) is 0 Å². The predicted octanol–water partition coefficient (Wildman–Crippen LogP) is 2.11. The van der Waals surface area contributed by atoms with Crippen LogP contribution in [0, 0.1) is 0 Å². The molecule has 0 aromatic heterocycles. The topological polar surface area (TPSA) is 118 Å². The molecule has 1 aromatic carbocycles. The second-order valence-corrected chi connectivity index (χ2v) is 8.59. The van der Waals surface area contributed by atoms with Crippen molar-refractivity contribution in [3.8, 4) is 0 Å². The summed E-state index contributed by atoms with van der Waals surface area (Å²) in [5, 5.41) is 15.6. The molecule has 0 spiro atoms. The molecule has 1 unspecified atom stereocenters. The summed E-state index contributed by atoms with van der Waals surface area (Å²) < 4.78 is 38.1. The second kappa shape index (κ2) is 13.1. The first-order valence-electron chi connectivity index (χ1n) is 11.4. The minimum absolute atomic E-state index is 0.00117. The van der Waals surface area contributed by atoms with Gasteiger partial charge < -0.3 is 24.9 Å². The molecule has 3 rings (SSSR count). The number of piperazine rings is 1. The lowest BCUT2D eigenvalue weighted by Crippen LogP contribution is -2.59. The molecule has 2 aliphatic heterocycles. The number of amides is 2. The SMILES string of the molecule is CC(=O)N1CCN(C(=O)Cc2ccc(C(F)(F)F)cc2)C(CN2CCCC2)C1.O=C(O)C=CC(=O)O. The highest BCUT2D eigenvalue weighted by Gasteiger charge is 2.33. The number of rotatable bonds is 6. The Morgan fingerprint density at radius 3 is 1.97 bits per heavy atom. The summed E-state index contributed by atoms with van der Waals surface area (Å²) in [4.78, 5) is 49.7. The van der Waals surface area contributed by atoms with Gasteiger partial charge in [0.2, 0.25) is 11.8 Å². The molecule has 1 atom stereocenters. The molecule has 198 valence electrons. The fourth-order valence-electron chi connectivity index (χ4n) is 4.12. The summed E-state index contributed by atoms with van der Waals surface area (Å²) in [6, 6.07) is 4.66. The lowest BCUT2D eigenvalue weighted by molar-refractivity contribution is -0.142.